The molecule has 0 saturated heterocycles. The van der Waals surface area contributed by atoms with Gasteiger partial charge in [0, 0.05) is 16.5 Å². The monoisotopic (exact) mass is 344 g/mol. The Balaban J connectivity index is 2.36. The van der Waals surface area contributed by atoms with E-state index in [1.165, 1.54) is 19.2 Å². The molecule has 2 aromatic rings. The SMILES string of the molecule is COc1ccc(Cl)cc1S(=O)(=O)Nc1cc(C(C)(C)C)on1. The third-order valence-corrected chi connectivity index (χ3v) is 4.51. The molecule has 0 radical (unpaired) electrons. The van der Waals surface area contributed by atoms with Gasteiger partial charge in [0.1, 0.15) is 16.4 Å². The molecule has 6 nitrogen and oxygen atoms in total. The molecule has 0 bridgehead atoms. The quantitative estimate of drug-likeness (QED) is 0.918. The maximum atomic E-state index is 12.5. The molecule has 0 saturated carbocycles. The minimum absolute atomic E-state index is 0.0668. The van der Waals surface area contributed by atoms with Crippen LogP contribution >= 0.6 is 11.6 Å². The summed E-state index contributed by atoms with van der Waals surface area (Å²) >= 11 is 5.86. The minimum atomic E-state index is -3.89. The van der Waals surface area contributed by atoms with Crippen molar-refractivity contribution < 1.29 is 17.7 Å². The molecule has 1 heterocycles. The van der Waals surface area contributed by atoms with Gasteiger partial charge in [-0.3, -0.25) is 4.72 Å². The van der Waals surface area contributed by atoms with Gasteiger partial charge in [-0.15, -0.1) is 0 Å². The van der Waals surface area contributed by atoms with Gasteiger partial charge in [0.15, 0.2) is 5.82 Å². The molecule has 1 N–H and O–H groups in total. The Morgan fingerprint density at radius 1 is 1.27 bits per heavy atom. The molecule has 22 heavy (non-hydrogen) atoms. The van der Waals surface area contributed by atoms with Crippen LogP contribution in [-0.2, 0) is 15.4 Å². The Morgan fingerprint density at radius 2 is 1.95 bits per heavy atom. The number of anilines is 1. The van der Waals surface area contributed by atoms with Crippen LogP contribution in [-0.4, -0.2) is 20.7 Å². The topological polar surface area (TPSA) is 81.4 Å². The number of nitrogens with one attached hydrogen (secondary N) is 1. The predicted octanol–water partition coefficient (Wildman–Crippen LogP) is 3.43. The van der Waals surface area contributed by atoms with Crippen LogP contribution in [0, 0.1) is 0 Å². The lowest BCUT2D eigenvalue weighted by molar-refractivity contribution is 0.331. The molecular weight excluding hydrogens is 328 g/mol. The fourth-order valence-corrected chi connectivity index (χ4v) is 3.15. The molecule has 0 atom stereocenters. The summed E-state index contributed by atoms with van der Waals surface area (Å²) in [5, 5.41) is 4.02. The van der Waals surface area contributed by atoms with Gasteiger partial charge in [-0.1, -0.05) is 37.5 Å². The summed E-state index contributed by atoms with van der Waals surface area (Å²) in [6.45, 7) is 5.81. The molecule has 120 valence electrons. The van der Waals surface area contributed by atoms with Crippen molar-refractivity contribution in [1.82, 2.24) is 5.16 Å². The number of ether oxygens (including phenoxy) is 1. The predicted molar refractivity (Wildman–Crippen MR) is 84.0 cm³/mol. The second kappa shape index (κ2) is 5.81. The molecule has 8 heteroatoms. The number of nitrogens with zero attached hydrogens (tertiary/aromatic N) is 1. The highest BCUT2D eigenvalue weighted by Gasteiger charge is 2.24. The molecule has 0 amide bonds. The van der Waals surface area contributed by atoms with Crippen LogP contribution in [0.2, 0.25) is 5.02 Å². The summed E-state index contributed by atoms with van der Waals surface area (Å²) in [7, 11) is -2.51. The van der Waals surface area contributed by atoms with Gasteiger partial charge >= 0.3 is 0 Å². The fraction of sp³-hybridized carbons (Fsp3) is 0.357. The zero-order chi connectivity index (χ0) is 16.5. The van der Waals surface area contributed by atoms with E-state index < -0.39 is 10.0 Å². The Labute approximate surface area is 134 Å². The highest BCUT2D eigenvalue weighted by molar-refractivity contribution is 7.92. The largest absolute Gasteiger partial charge is 0.495 e. The zero-order valence-corrected chi connectivity index (χ0v) is 14.2. The van der Waals surface area contributed by atoms with Crippen molar-refractivity contribution in [1.29, 1.82) is 0 Å². The number of aromatic nitrogens is 1. The van der Waals surface area contributed by atoms with E-state index in [4.69, 9.17) is 20.9 Å². The second-order valence-electron chi connectivity index (χ2n) is 5.73. The first-order valence-corrected chi connectivity index (χ1v) is 8.33. The molecule has 0 aliphatic heterocycles. The first-order valence-electron chi connectivity index (χ1n) is 6.47. The lowest BCUT2D eigenvalue weighted by Gasteiger charge is -2.12. The van der Waals surface area contributed by atoms with E-state index in [1.807, 2.05) is 20.8 Å². The molecule has 0 aliphatic carbocycles. The number of methoxy groups -OCH3 is 1. The van der Waals surface area contributed by atoms with Crippen LogP contribution in [0.3, 0.4) is 0 Å². The molecule has 0 unspecified atom stereocenters. The Kier molecular flexibility index (Phi) is 4.39. The van der Waals surface area contributed by atoms with E-state index in [9.17, 15) is 8.42 Å². The zero-order valence-electron chi connectivity index (χ0n) is 12.7. The van der Waals surface area contributed by atoms with E-state index in [0.29, 0.717) is 5.76 Å². The van der Waals surface area contributed by atoms with Gasteiger partial charge in [0.05, 0.1) is 7.11 Å². The summed E-state index contributed by atoms with van der Waals surface area (Å²) in [5.41, 5.74) is -0.273. The van der Waals surface area contributed by atoms with Crippen molar-refractivity contribution in [2.75, 3.05) is 11.8 Å². The maximum Gasteiger partial charge on any atom is 0.266 e. The average Bonchev–Trinajstić information content (AvgIpc) is 2.86. The van der Waals surface area contributed by atoms with Gasteiger partial charge in [-0.05, 0) is 18.2 Å². The van der Waals surface area contributed by atoms with Crippen molar-refractivity contribution >= 4 is 27.4 Å². The third kappa shape index (κ3) is 3.53. The molecule has 0 spiro atoms. The summed E-state index contributed by atoms with van der Waals surface area (Å²) in [5.74, 6) is 0.867. The van der Waals surface area contributed by atoms with E-state index in [0.717, 1.165) is 0 Å². The lowest BCUT2D eigenvalue weighted by Crippen LogP contribution is -2.14. The van der Waals surface area contributed by atoms with Crippen molar-refractivity contribution in [3.05, 3.63) is 35.0 Å². The van der Waals surface area contributed by atoms with Crippen LogP contribution in [0.4, 0.5) is 5.82 Å². The Hall–Kier alpha value is -1.73. The van der Waals surface area contributed by atoms with Crippen molar-refractivity contribution in [3.63, 3.8) is 0 Å². The summed E-state index contributed by atoms with van der Waals surface area (Å²) in [6, 6.07) is 5.90. The van der Waals surface area contributed by atoms with Gasteiger partial charge in [0.25, 0.3) is 10.0 Å². The smallest absolute Gasteiger partial charge is 0.266 e. The Morgan fingerprint density at radius 3 is 2.50 bits per heavy atom. The number of hydrogen-bond donors (Lipinski definition) is 1. The highest BCUT2D eigenvalue weighted by atomic mass is 35.5. The normalized spacial score (nSPS) is 12.2. The summed E-state index contributed by atoms with van der Waals surface area (Å²) in [6.07, 6.45) is 0. The fourth-order valence-electron chi connectivity index (χ4n) is 1.73. The summed E-state index contributed by atoms with van der Waals surface area (Å²) < 4.78 is 37.5. The van der Waals surface area contributed by atoms with Crippen molar-refractivity contribution in [2.24, 2.45) is 0 Å². The van der Waals surface area contributed by atoms with Crippen LogP contribution < -0.4 is 9.46 Å². The number of benzene rings is 1. The van der Waals surface area contributed by atoms with E-state index in [1.54, 1.807) is 12.1 Å². The van der Waals surface area contributed by atoms with Crippen LogP contribution in [0.5, 0.6) is 5.75 Å². The van der Waals surface area contributed by atoms with Crippen molar-refractivity contribution in [3.8, 4) is 5.75 Å². The van der Waals surface area contributed by atoms with Gasteiger partial charge < -0.3 is 9.26 Å². The summed E-state index contributed by atoms with van der Waals surface area (Å²) in [4.78, 5) is -0.0668. The number of halogens is 1. The van der Waals surface area contributed by atoms with E-state index >= 15 is 0 Å². The van der Waals surface area contributed by atoms with E-state index in [-0.39, 0.29) is 26.9 Å². The number of hydrogen-bond acceptors (Lipinski definition) is 5. The van der Waals surface area contributed by atoms with E-state index in [2.05, 4.69) is 9.88 Å². The third-order valence-electron chi connectivity index (χ3n) is 2.90. The molecule has 2 rings (SSSR count). The first kappa shape index (κ1) is 16.6. The first-order chi connectivity index (χ1) is 10.1. The average molecular weight is 345 g/mol. The van der Waals surface area contributed by atoms with Gasteiger partial charge in [-0.25, -0.2) is 8.42 Å². The second-order valence-corrected chi connectivity index (χ2v) is 7.81. The standard InChI is InChI=1S/C14H17ClN2O4S/c1-14(2,3)12-8-13(16-21-12)17-22(18,19)11-7-9(15)5-6-10(11)20-4/h5-8H,1-4H3,(H,16,17). The Bertz CT molecular complexity index is 778. The molecule has 1 aromatic heterocycles. The number of sulfonamides is 1. The molecule has 1 aromatic carbocycles. The molecular formula is C14H17ClN2O4S. The van der Waals surface area contributed by atoms with Crippen LogP contribution in [0.25, 0.3) is 0 Å². The van der Waals surface area contributed by atoms with Gasteiger partial charge in [-0.2, -0.15) is 0 Å². The maximum absolute atomic E-state index is 12.5. The lowest BCUT2D eigenvalue weighted by atomic mass is 9.93. The number of rotatable bonds is 4. The van der Waals surface area contributed by atoms with Crippen molar-refractivity contribution in [2.45, 2.75) is 31.1 Å². The minimum Gasteiger partial charge on any atom is -0.495 e. The van der Waals surface area contributed by atoms with Crippen LogP contribution in [0.1, 0.15) is 26.5 Å². The molecule has 0 aliphatic rings. The van der Waals surface area contributed by atoms with Crippen LogP contribution in [0.15, 0.2) is 33.7 Å². The molecule has 0 fully saturated rings. The van der Waals surface area contributed by atoms with Gasteiger partial charge in [0.2, 0.25) is 0 Å². The highest BCUT2D eigenvalue weighted by Crippen LogP contribution is 2.30.